The van der Waals surface area contributed by atoms with Crippen LogP contribution in [0.15, 0.2) is 18.2 Å². The molecule has 1 saturated heterocycles. The van der Waals surface area contributed by atoms with Gasteiger partial charge in [0.25, 0.3) is 0 Å². The van der Waals surface area contributed by atoms with Crippen LogP contribution in [0.3, 0.4) is 0 Å². The summed E-state index contributed by atoms with van der Waals surface area (Å²) in [5.74, 6) is 0. The normalized spacial score (nSPS) is 19.9. The summed E-state index contributed by atoms with van der Waals surface area (Å²) in [6, 6.07) is 6.20. The lowest BCUT2D eigenvalue weighted by Gasteiger charge is -2.38. The number of hydrogen-bond donors (Lipinski definition) is 0. The van der Waals surface area contributed by atoms with E-state index in [1.165, 1.54) is 32.1 Å². The van der Waals surface area contributed by atoms with E-state index in [0.717, 1.165) is 18.5 Å². The fraction of sp³-hybridized carbons (Fsp3) is 0.533. The van der Waals surface area contributed by atoms with Crippen molar-refractivity contribution >= 4 is 23.6 Å². The van der Waals surface area contributed by atoms with Gasteiger partial charge in [-0.15, -0.1) is 0 Å². The molecule has 0 saturated carbocycles. The molecule has 1 heterocycles. The monoisotopic (exact) mass is 265 g/mol. The highest BCUT2D eigenvalue weighted by molar-refractivity contribution is 6.33. The smallest absolute Gasteiger partial charge is 0.150 e. The van der Waals surface area contributed by atoms with Gasteiger partial charge in [0.05, 0.1) is 10.7 Å². The topological polar surface area (TPSA) is 20.3 Å². The summed E-state index contributed by atoms with van der Waals surface area (Å²) in [5, 5.41) is 0.697. The van der Waals surface area contributed by atoms with E-state index < -0.39 is 0 Å². The fourth-order valence-electron chi connectivity index (χ4n) is 2.78. The van der Waals surface area contributed by atoms with Crippen LogP contribution in [0.5, 0.6) is 0 Å². The maximum Gasteiger partial charge on any atom is 0.150 e. The second-order valence-corrected chi connectivity index (χ2v) is 5.37. The molecule has 0 bridgehead atoms. The van der Waals surface area contributed by atoms with Crippen molar-refractivity contribution in [1.82, 2.24) is 0 Å². The van der Waals surface area contributed by atoms with Crippen molar-refractivity contribution in [2.24, 2.45) is 0 Å². The number of carbonyl (C=O) groups is 1. The third-order valence-electron chi connectivity index (χ3n) is 3.67. The number of piperidine rings is 1. The molecule has 18 heavy (non-hydrogen) atoms. The van der Waals surface area contributed by atoms with Crippen LogP contribution in [0.1, 0.15) is 49.4 Å². The quantitative estimate of drug-likeness (QED) is 0.756. The number of benzene rings is 1. The molecule has 0 radical (unpaired) electrons. The summed E-state index contributed by atoms with van der Waals surface area (Å²) in [6.07, 6.45) is 7.04. The largest absolute Gasteiger partial charge is 0.367 e. The average molecular weight is 266 g/mol. The number of anilines is 1. The molecule has 0 aliphatic carbocycles. The predicted octanol–water partition coefficient (Wildman–Crippen LogP) is 4.31. The molecule has 1 aromatic carbocycles. The van der Waals surface area contributed by atoms with Crippen molar-refractivity contribution in [2.45, 2.75) is 45.1 Å². The van der Waals surface area contributed by atoms with Gasteiger partial charge in [0, 0.05) is 18.2 Å². The summed E-state index contributed by atoms with van der Waals surface area (Å²) in [5.41, 5.74) is 1.73. The number of hydrogen-bond acceptors (Lipinski definition) is 2. The first-order valence-corrected chi connectivity index (χ1v) is 7.15. The van der Waals surface area contributed by atoms with Crippen molar-refractivity contribution < 1.29 is 4.79 Å². The number of aldehydes is 1. The SMILES string of the molecule is CCCC1CCCCN1c1ccc(C=O)cc1Cl. The van der Waals surface area contributed by atoms with E-state index in [2.05, 4.69) is 11.8 Å². The predicted molar refractivity (Wildman–Crippen MR) is 76.7 cm³/mol. The van der Waals surface area contributed by atoms with Crippen LogP contribution in [-0.4, -0.2) is 18.9 Å². The minimum absolute atomic E-state index is 0.600. The molecule has 0 amide bonds. The van der Waals surface area contributed by atoms with E-state index >= 15 is 0 Å². The van der Waals surface area contributed by atoms with Gasteiger partial charge in [0.1, 0.15) is 6.29 Å². The zero-order chi connectivity index (χ0) is 13.0. The highest BCUT2D eigenvalue weighted by atomic mass is 35.5. The van der Waals surface area contributed by atoms with Gasteiger partial charge in [0.15, 0.2) is 0 Å². The van der Waals surface area contributed by atoms with Crippen LogP contribution in [-0.2, 0) is 0 Å². The third-order valence-corrected chi connectivity index (χ3v) is 3.97. The molecule has 1 fully saturated rings. The van der Waals surface area contributed by atoms with Gasteiger partial charge in [-0.2, -0.15) is 0 Å². The molecular formula is C15H20ClNO. The third kappa shape index (κ3) is 2.86. The highest BCUT2D eigenvalue weighted by Gasteiger charge is 2.23. The van der Waals surface area contributed by atoms with Crippen LogP contribution in [0.4, 0.5) is 5.69 Å². The molecule has 1 aliphatic rings. The average Bonchev–Trinajstić information content (AvgIpc) is 2.40. The number of nitrogens with zero attached hydrogens (tertiary/aromatic N) is 1. The van der Waals surface area contributed by atoms with Gasteiger partial charge < -0.3 is 4.90 Å². The highest BCUT2D eigenvalue weighted by Crippen LogP contribution is 2.33. The van der Waals surface area contributed by atoms with E-state index in [4.69, 9.17) is 11.6 Å². The van der Waals surface area contributed by atoms with Gasteiger partial charge in [-0.3, -0.25) is 4.79 Å². The molecule has 2 nitrogen and oxygen atoms in total. The molecule has 0 N–H and O–H groups in total. The lowest BCUT2D eigenvalue weighted by molar-refractivity contribution is 0.112. The van der Waals surface area contributed by atoms with Crippen LogP contribution in [0.25, 0.3) is 0 Å². The van der Waals surface area contributed by atoms with Crippen LogP contribution < -0.4 is 4.90 Å². The summed E-state index contributed by atoms with van der Waals surface area (Å²) >= 11 is 6.31. The summed E-state index contributed by atoms with van der Waals surface area (Å²) < 4.78 is 0. The Bertz CT molecular complexity index is 417. The van der Waals surface area contributed by atoms with E-state index in [1.54, 1.807) is 6.07 Å². The molecule has 0 aromatic heterocycles. The number of halogens is 1. The zero-order valence-corrected chi connectivity index (χ0v) is 11.6. The zero-order valence-electron chi connectivity index (χ0n) is 10.9. The first kappa shape index (κ1) is 13.4. The Labute approximate surface area is 114 Å². The standard InChI is InChI=1S/C15H20ClNO/c1-2-5-13-6-3-4-9-17(13)15-8-7-12(11-18)10-14(15)16/h7-8,10-11,13H,2-6,9H2,1H3. The maximum atomic E-state index is 10.7. The summed E-state index contributed by atoms with van der Waals surface area (Å²) in [6.45, 7) is 3.30. The second-order valence-electron chi connectivity index (χ2n) is 4.96. The minimum atomic E-state index is 0.600. The van der Waals surface area contributed by atoms with Gasteiger partial charge in [-0.05, 0) is 43.9 Å². The molecule has 3 heteroatoms. The molecule has 1 aromatic rings. The Morgan fingerprint density at radius 2 is 2.28 bits per heavy atom. The van der Waals surface area contributed by atoms with Gasteiger partial charge in [-0.1, -0.05) is 24.9 Å². The minimum Gasteiger partial charge on any atom is -0.367 e. The number of rotatable bonds is 4. The lowest BCUT2D eigenvalue weighted by Crippen LogP contribution is -2.39. The molecule has 2 rings (SSSR count). The van der Waals surface area contributed by atoms with E-state index in [-0.39, 0.29) is 0 Å². The summed E-state index contributed by atoms with van der Waals surface area (Å²) in [4.78, 5) is 13.2. The first-order chi connectivity index (χ1) is 8.76. The molecule has 1 aliphatic heterocycles. The Kier molecular flexibility index (Phi) is 4.65. The van der Waals surface area contributed by atoms with Gasteiger partial charge in [0.2, 0.25) is 0 Å². The second kappa shape index (κ2) is 6.24. The van der Waals surface area contributed by atoms with Crippen molar-refractivity contribution in [1.29, 1.82) is 0 Å². The van der Waals surface area contributed by atoms with E-state index in [0.29, 0.717) is 16.6 Å². The molecule has 0 spiro atoms. The molecule has 1 atom stereocenters. The van der Waals surface area contributed by atoms with Crippen LogP contribution >= 0.6 is 11.6 Å². The lowest BCUT2D eigenvalue weighted by atomic mass is 9.97. The maximum absolute atomic E-state index is 10.7. The van der Waals surface area contributed by atoms with Crippen molar-refractivity contribution in [2.75, 3.05) is 11.4 Å². The van der Waals surface area contributed by atoms with Gasteiger partial charge in [-0.25, -0.2) is 0 Å². The van der Waals surface area contributed by atoms with E-state index in [9.17, 15) is 4.79 Å². The molecule has 98 valence electrons. The first-order valence-electron chi connectivity index (χ1n) is 6.77. The Hall–Kier alpha value is -1.02. The van der Waals surface area contributed by atoms with E-state index in [1.807, 2.05) is 12.1 Å². The van der Waals surface area contributed by atoms with Crippen molar-refractivity contribution in [3.05, 3.63) is 28.8 Å². The fourth-order valence-corrected chi connectivity index (χ4v) is 3.08. The molecule has 1 unspecified atom stereocenters. The van der Waals surface area contributed by atoms with Crippen LogP contribution in [0, 0.1) is 0 Å². The van der Waals surface area contributed by atoms with Gasteiger partial charge >= 0.3 is 0 Å². The Morgan fingerprint density at radius 1 is 1.44 bits per heavy atom. The van der Waals surface area contributed by atoms with Crippen molar-refractivity contribution in [3.8, 4) is 0 Å². The Morgan fingerprint density at radius 3 is 2.94 bits per heavy atom. The van der Waals surface area contributed by atoms with Crippen LogP contribution in [0.2, 0.25) is 5.02 Å². The Balaban J connectivity index is 2.24. The van der Waals surface area contributed by atoms with Crippen molar-refractivity contribution in [3.63, 3.8) is 0 Å². The summed E-state index contributed by atoms with van der Waals surface area (Å²) in [7, 11) is 0. The molecular weight excluding hydrogens is 246 g/mol. The number of carbonyl (C=O) groups excluding carboxylic acids is 1.